The zero-order valence-corrected chi connectivity index (χ0v) is 18.9. The summed E-state index contributed by atoms with van der Waals surface area (Å²) < 4.78 is 7.78. The van der Waals surface area contributed by atoms with Crippen molar-refractivity contribution in [3.63, 3.8) is 0 Å². The summed E-state index contributed by atoms with van der Waals surface area (Å²) in [5, 5.41) is 3.35. The smallest absolute Gasteiger partial charge is 0.338 e. The Morgan fingerprint density at radius 1 is 1.09 bits per heavy atom. The molecule has 0 spiro atoms. The fourth-order valence-corrected chi connectivity index (χ4v) is 5.29. The van der Waals surface area contributed by atoms with Crippen molar-refractivity contribution in [2.75, 3.05) is 11.9 Å². The van der Waals surface area contributed by atoms with Crippen molar-refractivity contribution < 1.29 is 14.3 Å². The van der Waals surface area contributed by atoms with Crippen LogP contribution in [0.15, 0.2) is 54.7 Å². The average Bonchev–Trinajstić information content (AvgIpc) is 3.47. The van der Waals surface area contributed by atoms with Gasteiger partial charge >= 0.3 is 5.97 Å². The minimum Gasteiger partial charge on any atom is -0.462 e. The number of carbonyl (C=O) groups excluding carboxylic acids is 2. The Labute approximate surface area is 191 Å². The lowest BCUT2D eigenvalue weighted by Gasteiger charge is -2.00. The van der Waals surface area contributed by atoms with E-state index in [9.17, 15) is 9.59 Å². The molecule has 0 aliphatic carbocycles. The van der Waals surface area contributed by atoms with Crippen molar-refractivity contribution in [2.45, 2.75) is 13.8 Å². The van der Waals surface area contributed by atoms with Gasteiger partial charge in [0.25, 0.3) is 5.91 Å². The number of nitrogens with zero attached hydrogens (tertiary/aromatic N) is 3. The molecule has 32 heavy (non-hydrogen) atoms. The van der Waals surface area contributed by atoms with E-state index < -0.39 is 0 Å². The number of fused-ring (bicyclic) bond motifs is 2. The van der Waals surface area contributed by atoms with E-state index in [1.807, 2.05) is 47.9 Å². The van der Waals surface area contributed by atoms with Gasteiger partial charge in [-0.15, -0.1) is 0 Å². The van der Waals surface area contributed by atoms with Crippen LogP contribution in [0.3, 0.4) is 0 Å². The lowest BCUT2D eigenvalue weighted by molar-refractivity contribution is 0.0526. The Morgan fingerprint density at radius 3 is 2.66 bits per heavy atom. The van der Waals surface area contributed by atoms with Crippen LogP contribution in [-0.4, -0.2) is 32.9 Å². The number of hydrogen-bond donors (Lipinski definition) is 1. The Bertz CT molecular complexity index is 1470. The maximum Gasteiger partial charge on any atom is 0.338 e. The molecule has 5 rings (SSSR count). The van der Waals surface area contributed by atoms with Gasteiger partial charge in [-0.25, -0.2) is 14.8 Å². The molecule has 9 heteroatoms. The van der Waals surface area contributed by atoms with Gasteiger partial charge in [0.2, 0.25) is 0 Å². The van der Waals surface area contributed by atoms with E-state index in [4.69, 9.17) is 4.74 Å². The quantitative estimate of drug-likeness (QED) is 0.353. The molecule has 0 unspecified atom stereocenters. The summed E-state index contributed by atoms with van der Waals surface area (Å²) in [6.45, 7) is 3.99. The highest BCUT2D eigenvalue weighted by atomic mass is 32.1. The highest BCUT2D eigenvalue weighted by Crippen LogP contribution is 2.30. The van der Waals surface area contributed by atoms with Crippen LogP contribution in [0.4, 0.5) is 5.13 Å². The summed E-state index contributed by atoms with van der Waals surface area (Å²) in [6, 6.07) is 15.1. The Balaban J connectivity index is 1.39. The van der Waals surface area contributed by atoms with Crippen molar-refractivity contribution in [3.8, 4) is 11.3 Å². The standard InChI is InChI=1S/C23H18N4O3S2/c1-3-30-21(29)15-9-10-16-18(11-15)31-22(24-16)26-20(28)19-13(2)27-12-17(25-23(27)32-19)14-7-5-4-6-8-14/h4-12H,3H2,1-2H3,(H,24,26,28). The molecule has 0 fully saturated rings. The zero-order chi connectivity index (χ0) is 22.2. The number of ether oxygens (including phenoxy) is 1. The van der Waals surface area contributed by atoms with Crippen LogP contribution in [0.1, 0.15) is 32.6 Å². The number of aryl methyl sites for hydroxylation is 1. The first kappa shape index (κ1) is 20.3. The van der Waals surface area contributed by atoms with Gasteiger partial charge < -0.3 is 4.74 Å². The molecule has 1 N–H and O–H groups in total. The normalized spacial score (nSPS) is 11.2. The largest absolute Gasteiger partial charge is 0.462 e. The molecule has 7 nitrogen and oxygen atoms in total. The van der Waals surface area contributed by atoms with Crippen LogP contribution in [0.25, 0.3) is 26.4 Å². The second kappa shape index (κ2) is 8.18. The van der Waals surface area contributed by atoms with Crippen molar-refractivity contribution >= 4 is 54.9 Å². The van der Waals surface area contributed by atoms with E-state index in [-0.39, 0.29) is 11.9 Å². The van der Waals surface area contributed by atoms with Gasteiger partial charge in [0.15, 0.2) is 10.1 Å². The van der Waals surface area contributed by atoms with Crippen LogP contribution in [0.5, 0.6) is 0 Å². The molecular formula is C23H18N4O3S2. The Kier molecular flexibility index (Phi) is 5.20. The first-order valence-electron chi connectivity index (χ1n) is 9.96. The molecule has 0 saturated heterocycles. The summed E-state index contributed by atoms with van der Waals surface area (Å²) in [5.41, 5.74) is 3.90. The van der Waals surface area contributed by atoms with Crippen molar-refractivity contribution in [3.05, 3.63) is 70.9 Å². The maximum atomic E-state index is 12.9. The molecule has 1 amide bonds. The average molecular weight is 463 g/mol. The lowest BCUT2D eigenvalue weighted by Crippen LogP contribution is -2.11. The van der Waals surface area contributed by atoms with Gasteiger partial charge in [-0.05, 0) is 32.0 Å². The summed E-state index contributed by atoms with van der Waals surface area (Å²) >= 11 is 2.66. The fraction of sp³-hybridized carbons (Fsp3) is 0.130. The minimum absolute atomic E-state index is 0.232. The molecule has 160 valence electrons. The number of imidazole rings is 1. The van der Waals surface area contributed by atoms with Gasteiger partial charge in [0.05, 0.1) is 28.1 Å². The van der Waals surface area contributed by atoms with E-state index in [2.05, 4.69) is 15.3 Å². The second-order valence-electron chi connectivity index (χ2n) is 7.04. The number of anilines is 1. The third-order valence-corrected chi connectivity index (χ3v) is 7.04. The van der Waals surface area contributed by atoms with Gasteiger partial charge in [-0.3, -0.25) is 14.5 Å². The maximum absolute atomic E-state index is 12.9. The number of nitrogens with one attached hydrogen (secondary N) is 1. The van der Waals surface area contributed by atoms with Gasteiger partial charge in [-0.1, -0.05) is 53.0 Å². The lowest BCUT2D eigenvalue weighted by atomic mass is 10.2. The van der Waals surface area contributed by atoms with Crippen LogP contribution >= 0.6 is 22.7 Å². The molecule has 2 aromatic carbocycles. The predicted octanol–water partition coefficient (Wildman–Crippen LogP) is 5.41. The van der Waals surface area contributed by atoms with Gasteiger partial charge in [0, 0.05) is 17.5 Å². The third-order valence-electron chi connectivity index (χ3n) is 4.95. The predicted molar refractivity (Wildman–Crippen MR) is 127 cm³/mol. The number of benzene rings is 2. The summed E-state index contributed by atoms with van der Waals surface area (Å²) in [5.74, 6) is -0.607. The number of thiazole rings is 2. The number of hydrogen-bond acceptors (Lipinski definition) is 7. The fourth-order valence-electron chi connectivity index (χ4n) is 3.38. The van der Waals surface area contributed by atoms with Crippen LogP contribution in [-0.2, 0) is 4.74 Å². The third kappa shape index (κ3) is 3.65. The highest BCUT2D eigenvalue weighted by molar-refractivity contribution is 7.22. The molecule has 0 radical (unpaired) electrons. The van der Waals surface area contributed by atoms with E-state index in [0.717, 1.165) is 26.6 Å². The Hall–Kier alpha value is -3.56. The number of amides is 1. The van der Waals surface area contributed by atoms with E-state index in [1.54, 1.807) is 25.1 Å². The van der Waals surface area contributed by atoms with Crippen molar-refractivity contribution in [1.29, 1.82) is 0 Å². The summed E-state index contributed by atoms with van der Waals surface area (Å²) in [6.07, 6.45) is 1.95. The summed E-state index contributed by atoms with van der Waals surface area (Å²) in [7, 11) is 0. The first-order chi connectivity index (χ1) is 15.5. The molecule has 3 aromatic heterocycles. The molecule has 0 bridgehead atoms. The van der Waals surface area contributed by atoms with E-state index in [0.29, 0.717) is 27.7 Å². The molecule has 5 aromatic rings. The molecule has 0 atom stereocenters. The van der Waals surface area contributed by atoms with E-state index >= 15 is 0 Å². The number of esters is 1. The number of aromatic nitrogens is 3. The van der Waals surface area contributed by atoms with Crippen molar-refractivity contribution in [1.82, 2.24) is 14.4 Å². The molecule has 0 saturated carbocycles. The SMILES string of the molecule is CCOC(=O)c1ccc2nc(NC(=O)c3sc4nc(-c5ccccc5)cn4c3C)sc2c1. The number of carbonyl (C=O) groups is 2. The van der Waals surface area contributed by atoms with Gasteiger partial charge in [-0.2, -0.15) is 0 Å². The summed E-state index contributed by atoms with van der Waals surface area (Å²) in [4.78, 5) is 35.4. The minimum atomic E-state index is -0.374. The van der Waals surface area contributed by atoms with Gasteiger partial charge in [0.1, 0.15) is 4.88 Å². The molecule has 0 aliphatic rings. The van der Waals surface area contributed by atoms with Crippen LogP contribution in [0.2, 0.25) is 0 Å². The second-order valence-corrected chi connectivity index (χ2v) is 9.05. The molecule has 0 aliphatic heterocycles. The highest BCUT2D eigenvalue weighted by Gasteiger charge is 2.20. The topological polar surface area (TPSA) is 85.6 Å². The molecule has 3 heterocycles. The van der Waals surface area contributed by atoms with Crippen LogP contribution < -0.4 is 5.32 Å². The van der Waals surface area contributed by atoms with Crippen molar-refractivity contribution in [2.24, 2.45) is 0 Å². The van der Waals surface area contributed by atoms with Crippen LogP contribution in [0, 0.1) is 6.92 Å². The molecular weight excluding hydrogens is 444 g/mol. The van der Waals surface area contributed by atoms with E-state index in [1.165, 1.54) is 22.7 Å². The zero-order valence-electron chi connectivity index (χ0n) is 17.3. The number of rotatable bonds is 5. The monoisotopic (exact) mass is 462 g/mol. The first-order valence-corrected chi connectivity index (χ1v) is 11.6. The Morgan fingerprint density at radius 2 is 1.91 bits per heavy atom.